The number of methoxy groups -OCH3 is 1. The second-order valence-electron chi connectivity index (χ2n) is 8.27. The molecule has 2 aliphatic rings. The van der Waals surface area contributed by atoms with Crippen LogP contribution in [-0.2, 0) is 10.2 Å². The summed E-state index contributed by atoms with van der Waals surface area (Å²) < 4.78 is 30.5. The molecule has 1 aliphatic heterocycles. The van der Waals surface area contributed by atoms with Gasteiger partial charge in [0, 0.05) is 5.69 Å². The van der Waals surface area contributed by atoms with Gasteiger partial charge in [0.2, 0.25) is 5.91 Å². The summed E-state index contributed by atoms with van der Waals surface area (Å²) in [7, 11) is 1.44. The monoisotopic (exact) mass is 433 g/mol. The quantitative estimate of drug-likeness (QED) is 0.597. The Morgan fingerprint density at radius 3 is 2.50 bits per heavy atom. The number of fused-ring (bicyclic) bond motifs is 1. The zero-order chi connectivity index (χ0) is 22.3. The maximum Gasteiger partial charge on any atom is 0.235 e. The van der Waals surface area contributed by atoms with Gasteiger partial charge in [0.1, 0.15) is 13.2 Å². The minimum atomic E-state index is -0.562. The molecule has 1 saturated carbocycles. The van der Waals surface area contributed by atoms with Crippen LogP contribution in [-0.4, -0.2) is 26.2 Å². The molecule has 0 aromatic heterocycles. The van der Waals surface area contributed by atoms with E-state index in [0.29, 0.717) is 30.4 Å². The molecule has 32 heavy (non-hydrogen) atoms. The zero-order valence-corrected chi connectivity index (χ0v) is 18.0. The van der Waals surface area contributed by atoms with E-state index < -0.39 is 11.2 Å². The molecule has 0 radical (unpaired) electrons. The highest BCUT2D eigenvalue weighted by Gasteiger charge is 2.51. The molecule has 1 heterocycles. The fourth-order valence-electron chi connectivity index (χ4n) is 4.21. The molecule has 3 aromatic rings. The van der Waals surface area contributed by atoms with Crippen LogP contribution in [0, 0.1) is 12.7 Å². The molecule has 6 heteroatoms. The largest absolute Gasteiger partial charge is 0.494 e. The van der Waals surface area contributed by atoms with E-state index in [1.165, 1.54) is 13.2 Å². The van der Waals surface area contributed by atoms with Gasteiger partial charge in [-0.2, -0.15) is 0 Å². The lowest BCUT2D eigenvalue weighted by Gasteiger charge is -2.22. The molecule has 1 fully saturated rings. The number of aryl methyl sites for hydroxylation is 1. The van der Waals surface area contributed by atoms with Crippen LogP contribution in [0.3, 0.4) is 0 Å². The number of amides is 1. The standard InChI is InChI=1S/C26H24FNO4/c1-16-3-6-19(15-20(16)17-4-7-22(30-2)21(27)13-17)28-25(29)26(9-10-26)18-5-8-23-24(14-18)32-12-11-31-23/h3-8,13-15H,9-12H2,1-2H3,(H,28,29). The van der Waals surface area contributed by atoms with E-state index in [0.717, 1.165) is 35.1 Å². The number of hydrogen-bond donors (Lipinski definition) is 1. The van der Waals surface area contributed by atoms with Gasteiger partial charge in [-0.1, -0.05) is 18.2 Å². The van der Waals surface area contributed by atoms with Crippen molar-refractivity contribution in [2.45, 2.75) is 25.2 Å². The average Bonchev–Trinajstić information content (AvgIpc) is 3.62. The lowest BCUT2D eigenvalue weighted by Crippen LogP contribution is -2.28. The average molecular weight is 433 g/mol. The molecule has 5 nitrogen and oxygen atoms in total. The smallest absolute Gasteiger partial charge is 0.235 e. The third kappa shape index (κ3) is 3.55. The van der Waals surface area contributed by atoms with E-state index in [1.54, 1.807) is 6.07 Å². The predicted molar refractivity (Wildman–Crippen MR) is 120 cm³/mol. The highest BCUT2D eigenvalue weighted by atomic mass is 19.1. The number of carbonyl (C=O) groups excluding carboxylic acids is 1. The molecule has 0 bridgehead atoms. The van der Waals surface area contributed by atoms with Crippen molar-refractivity contribution in [2.75, 3.05) is 25.6 Å². The van der Waals surface area contributed by atoms with Gasteiger partial charge in [0.15, 0.2) is 23.1 Å². The van der Waals surface area contributed by atoms with Crippen LogP contribution in [0.25, 0.3) is 11.1 Å². The Hall–Kier alpha value is -3.54. The van der Waals surface area contributed by atoms with Crippen LogP contribution < -0.4 is 19.5 Å². The summed E-state index contributed by atoms with van der Waals surface area (Å²) in [5, 5.41) is 3.07. The molecular weight excluding hydrogens is 409 g/mol. The first-order chi connectivity index (χ1) is 15.5. The molecule has 1 aliphatic carbocycles. The molecule has 0 saturated heterocycles. The highest BCUT2D eigenvalue weighted by molar-refractivity contribution is 6.02. The van der Waals surface area contributed by atoms with Crippen LogP contribution >= 0.6 is 0 Å². The van der Waals surface area contributed by atoms with Gasteiger partial charge in [-0.3, -0.25) is 4.79 Å². The molecular formula is C26H24FNO4. The summed E-state index contributed by atoms with van der Waals surface area (Å²) in [4.78, 5) is 13.3. The number of nitrogens with one attached hydrogen (secondary N) is 1. The number of ether oxygens (including phenoxy) is 3. The summed E-state index contributed by atoms with van der Waals surface area (Å²) in [6, 6.07) is 16.3. The Labute approximate surface area is 186 Å². The molecule has 5 rings (SSSR count). The van der Waals surface area contributed by atoms with Gasteiger partial charge in [-0.05, 0) is 78.4 Å². The maximum atomic E-state index is 14.2. The van der Waals surface area contributed by atoms with Gasteiger partial charge in [-0.15, -0.1) is 0 Å². The van der Waals surface area contributed by atoms with Gasteiger partial charge >= 0.3 is 0 Å². The molecule has 0 atom stereocenters. The molecule has 1 amide bonds. The lowest BCUT2D eigenvalue weighted by molar-refractivity contribution is -0.118. The van der Waals surface area contributed by atoms with Crippen LogP contribution in [0.2, 0.25) is 0 Å². The van der Waals surface area contributed by atoms with Crippen molar-refractivity contribution >= 4 is 11.6 Å². The maximum absolute atomic E-state index is 14.2. The van der Waals surface area contributed by atoms with Crippen LogP contribution in [0.15, 0.2) is 54.6 Å². The number of halogens is 1. The Balaban J connectivity index is 1.40. The van der Waals surface area contributed by atoms with Crippen molar-refractivity contribution in [1.29, 1.82) is 0 Å². The van der Waals surface area contributed by atoms with E-state index >= 15 is 0 Å². The normalized spacial score (nSPS) is 15.7. The van der Waals surface area contributed by atoms with Crippen molar-refractivity contribution in [1.82, 2.24) is 0 Å². The Kier molecular flexibility index (Phi) is 5.00. The zero-order valence-electron chi connectivity index (χ0n) is 18.0. The summed E-state index contributed by atoms with van der Waals surface area (Å²) in [5.41, 5.74) is 3.62. The number of hydrogen-bond acceptors (Lipinski definition) is 4. The fraction of sp³-hybridized carbons (Fsp3) is 0.269. The van der Waals surface area contributed by atoms with E-state index in [4.69, 9.17) is 14.2 Å². The van der Waals surface area contributed by atoms with Crippen molar-refractivity contribution in [3.05, 3.63) is 71.5 Å². The second-order valence-corrected chi connectivity index (χ2v) is 8.27. The predicted octanol–water partition coefficient (Wildman–Crippen LogP) is 5.25. The first kappa shape index (κ1) is 20.4. The van der Waals surface area contributed by atoms with Crippen LogP contribution in [0.1, 0.15) is 24.0 Å². The SMILES string of the molecule is COc1ccc(-c2cc(NC(=O)C3(c4ccc5c(c4)OCCO5)CC3)ccc2C)cc1F. The minimum absolute atomic E-state index is 0.0510. The number of anilines is 1. The number of rotatable bonds is 5. The Morgan fingerprint density at radius 2 is 1.78 bits per heavy atom. The third-order valence-electron chi connectivity index (χ3n) is 6.24. The summed E-state index contributed by atoms with van der Waals surface area (Å²) in [6.07, 6.45) is 1.56. The van der Waals surface area contributed by atoms with E-state index in [2.05, 4.69) is 5.32 Å². The van der Waals surface area contributed by atoms with Crippen molar-refractivity contribution in [3.63, 3.8) is 0 Å². The van der Waals surface area contributed by atoms with Crippen molar-refractivity contribution < 1.29 is 23.4 Å². The molecule has 0 spiro atoms. The number of benzene rings is 3. The van der Waals surface area contributed by atoms with Crippen LogP contribution in [0.5, 0.6) is 17.2 Å². The molecule has 164 valence electrons. The van der Waals surface area contributed by atoms with Crippen molar-refractivity contribution in [3.8, 4) is 28.4 Å². The summed E-state index contributed by atoms with van der Waals surface area (Å²) in [6.45, 7) is 3.00. The first-order valence-corrected chi connectivity index (χ1v) is 10.7. The first-order valence-electron chi connectivity index (χ1n) is 10.7. The number of carbonyl (C=O) groups is 1. The third-order valence-corrected chi connectivity index (χ3v) is 6.24. The second kappa shape index (κ2) is 7.86. The summed E-state index contributed by atoms with van der Waals surface area (Å²) in [5.74, 6) is 1.13. The highest BCUT2D eigenvalue weighted by Crippen LogP contribution is 2.51. The lowest BCUT2D eigenvalue weighted by atomic mass is 9.94. The van der Waals surface area contributed by atoms with Gasteiger partial charge in [0.05, 0.1) is 12.5 Å². The van der Waals surface area contributed by atoms with Crippen molar-refractivity contribution in [2.24, 2.45) is 0 Å². The van der Waals surface area contributed by atoms with Crippen LogP contribution in [0.4, 0.5) is 10.1 Å². The minimum Gasteiger partial charge on any atom is -0.494 e. The Bertz CT molecular complexity index is 1200. The van der Waals surface area contributed by atoms with Gasteiger partial charge < -0.3 is 19.5 Å². The Morgan fingerprint density at radius 1 is 1.00 bits per heavy atom. The molecule has 3 aromatic carbocycles. The molecule has 1 N–H and O–H groups in total. The topological polar surface area (TPSA) is 56.8 Å². The molecule has 0 unspecified atom stereocenters. The summed E-state index contributed by atoms with van der Waals surface area (Å²) >= 11 is 0. The fourth-order valence-corrected chi connectivity index (χ4v) is 4.21. The van der Waals surface area contributed by atoms with E-state index in [9.17, 15) is 9.18 Å². The van der Waals surface area contributed by atoms with Gasteiger partial charge in [0.25, 0.3) is 0 Å². The van der Waals surface area contributed by atoms with E-state index in [-0.39, 0.29) is 11.7 Å². The van der Waals surface area contributed by atoms with Gasteiger partial charge in [-0.25, -0.2) is 4.39 Å². The van der Waals surface area contributed by atoms with E-state index in [1.807, 2.05) is 49.4 Å².